The second-order valence-electron chi connectivity index (χ2n) is 6.51. The normalized spacial score (nSPS) is 42.3. The number of hydrogen-bond donors (Lipinski definition) is 1. The van der Waals surface area contributed by atoms with E-state index in [4.69, 9.17) is 5.11 Å². The van der Waals surface area contributed by atoms with E-state index in [2.05, 4.69) is 0 Å². The highest BCUT2D eigenvalue weighted by Crippen LogP contribution is 2.60. The molecule has 2 nitrogen and oxygen atoms in total. The Morgan fingerprint density at radius 2 is 1.72 bits per heavy atom. The summed E-state index contributed by atoms with van der Waals surface area (Å²) in [6, 6.07) is 0. The summed E-state index contributed by atoms with van der Waals surface area (Å²) in [5, 5.41) is 9.10. The fourth-order valence-corrected chi connectivity index (χ4v) is 6.52. The van der Waals surface area contributed by atoms with Crippen molar-refractivity contribution in [3.8, 4) is 0 Å². The van der Waals surface area contributed by atoms with Crippen LogP contribution in [0, 0.1) is 17.8 Å². The molecule has 3 heteroatoms. The maximum Gasteiger partial charge on any atom is 0.332 e. The number of hydrogen-bond acceptors (Lipinski definition) is 2. The van der Waals surface area contributed by atoms with Crippen LogP contribution in [0.15, 0.2) is 11.6 Å². The molecule has 0 aromatic carbocycles. The molecule has 4 rings (SSSR count). The van der Waals surface area contributed by atoms with Crippen molar-refractivity contribution in [2.75, 3.05) is 5.75 Å². The van der Waals surface area contributed by atoms with E-state index in [1.807, 2.05) is 18.7 Å². The molecule has 0 aromatic heterocycles. The van der Waals surface area contributed by atoms with Crippen LogP contribution in [0.3, 0.4) is 0 Å². The average molecular weight is 266 g/mol. The van der Waals surface area contributed by atoms with Gasteiger partial charge < -0.3 is 5.11 Å². The Bertz CT molecular complexity index is 351. The minimum absolute atomic E-state index is 0.429. The zero-order valence-electron chi connectivity index (χ0n) is 11.0. The first-order valence-corrected chi connectivity index (χ1v) is 8.11. The van der Waals surface area contributed by atoms with E-state index in [1.54, 1.807) is 6.08 Å². The molecule has 0 aromatic rings. The zero-order valence-corrected chi connectivity index (χ0v) is 11.8. The first kappa shape index (κ1) is 12.6. The van der Waals surface area contributed by atoms with Crippen molar-refractivity contribution in [3.05, 3.63) is 11.6 Å². The Hall–Kier alpha value is -0.440. The molecule has 4 saturated carbocycles. The van der Waals surface area contributed by atoms with Gasteiger partial charge in [-0.15, -0.1) is 0 Å². The molecule has 0 unspecified atom stereocenters. The minimum atomic E-state index is -0.741. The molecule has 4 bridgehead atoms. The molecule has 4 fully saturated rings. The van der Waals surface area contributed by atoms with E-state index < -0.39 is 5.97 Å². The highest BCUT2D eigenvalue weighted by molar-refractivity contribution is 8.00. The second kappa shape index (κ2) is 4.59. The summed E-state index contributed by atoms with van der Waals surface area (Å²) in [4.78, 5) is 11.1. The topological polar surface area (TPSA) is 37.3 Å². The lowest BCUT2D eigenvalue weighted by molar-refractivity contribution is -0.132. The number of allylic oxidation sites excluding steroid dienone is 1. The fraction of sp³-hybridized carbons (Fsp3) is 0.800. The van der Waals surface area contributed by atoms with Gasteiger partial charge in [0, 0.05) is 16.1 Å². The van der Waals surface area contributed by atoms with Crippen molar-refractivity contribution in [2.45, 2.75) is 50.2 Å². The Morgan fingerprint density at radius 1 is 1.22 bits per heavy atom. The van der Waals surface area contributed by atoms with Gasteiger partial charge in [-0.2, -0.15) is 11.8 Å². The molecule has 4 aliphatic carbocycles. The van der Waals surface area contributed by atoms with Crippen LogP contribution in [0.2, 0.25) is 0 Å². The third kappa shape index (κ3) is 2.22. The molecule has 0 radical (unpaired) electrons. The third-order valence-corrected chi connectivity index (χ3v) is 6.71. The van der Waals surface area contributed by atoms with Gasteiger partial charge in [-0.3, -0.25) is 0 Å². The molecule has 18 heavy (non-hydrogen) atoms. The highest BCUT2D eigenvalue weighted by Gasteiger charge is 2.51. The lowest BCUT2D eigenvalue weighted by atomic mass is 9.56. The molecule has 0 heterocycles. The summed E-state index contributed by atoms with van der Waals surface area (Å²) >= 11 is 1.95. The Balaban J connectivity index is 1.67. The Kier molecular flexibility index (Phi) is 3.21. The van der Waals surface area contributed by atoms with Crippen molar-refractivity contribution in [1.82, 2.24) is 0 Å². The quantitative estimate of drug-likeness (QED) is 0.788. The van der Waals surface area contributed by atoms with Gasteiger partial charge in [0.1, 0.15) is 0 Å². The minimum Gasteiger partial charge on any atom is -0.478 e. The van der Waals surface area contributed by atoms with Crippen LogP contribution < -0.4 is 0 Å². The lowest BCUT2D eigenvalue weighted by Gasteiger charge is -2.56. The predicted octanol–water partition coefficient (Wildman–Crippen LogP) is 3.72. The number of thioether (sulfide) groups is 1. The average Bonchev–Trinajstić information content (AvgIpc) is 2.27. The van der Waals surface area contributed by atoms with Crippen molar-refractivity contribution >= 4 is 17.7 Å². The SMILES string of the molecule is C/C=C(\CSC12CC3CC(CC(C3)C1)C2)C(=O)O. The number of aliphatic carboxylic acids is 1. The Labute approximate surface area is 113 Å². The van der Waals surface area contributed by atoms with Crippen molar-refractivity contribution < 1.29 is 9.90 Å². The second-order valence-corrected chi connectivity index (χ2v) is 7.95. The molecule has 0 saturated heterocycles. The van der Waals surface area contributed by atoms with Gasteiger partial charge in [-0.25, -0.2) is 4.79 Å². The number of rotatable bonds is 4. The van der Waals surface area contributed by atoms with E-state index >= 15 is 0 Å². The van der Waals surface area contributed by atoms with Gasteiger partial charge in [0.25, 0.3) is 0 Å². The molecule has 0 atom stereocenters. The van der Waals surface area contributed by atoms with Crippen LogP contribution in [0.25, 0.3) is 0 Å². The van der Waals surface area contributed by atoms with E-state index in [1.165, 1.54) is 38.5 Å². The summed E-state index contributed by atoms with van der Waals surface area (Å²) in [5.74, 6) is 2.79. The smallest absolute Gasteiger partial charge is 0.332 e. The standard InChI is InChI=1S/C15H22O2S/c1-2-13(14(16)17)9-18-15-6-10-3-11(7-15)5-12(4-10)8-15/h2,10-12H,3-9H2,1H3,(H,16,17)/b13-2+. The van der Waals surface area contributed by atoms with E-state index in [0.717, 1.165) is 17.8 Å². The monoisotopic (exact) mass is 266 g/mol. The van der Waals surface area contributed by atoms with Crippen LogP contribution in [0.5, 0.6) is 0 Å². The van der Waals surface area contributed by atoms with Gasteiger partial charge in [0.2, 0.25) is 0 Å². The molecule has 100 valence electrons. The number of carboxylic acid groups (broad SMARTS) is 1. The van der Waals surface area contributed by atoms with Crippen molar-refractivity contribution in [3.63, 3.8) is 0 Å². The fourth-order valence-electron chi connectivity index (χ4n) is 4.71. The maximum atomic E-state index is 11.1. The van der Waals surface area contributed by atoms with Crippen LogP contribution in [0.4, 0.5) is 0 Å². The first-order valence-electron chi connectivity index (χ1n) is 7.13. The number of carbonyl (C=O) groups is 1. The highest BCUT2D eigenvalue weighted by atomic mass is 32.2. The third-order valence-electron chi connectivity index (χ3n) is 5.14. The molecular formula is C15H22O2S. The summed E-state index contributed by atoms with van der Waals surface area (Å²) in [6.45, 7) is 1.84. The summed E-state index contributed by atoms with van der Waals surface area (Å²) in [6.07, 6.45) is 10.2. The van der Waals surface area contributed by atoms with Gasteiger partial charge in [0.15, 0.2) is 0 Å². The predicted molar refractivity (Wildman–Crippen MR) is 74.8 cm³/mol. The van der Waals surface area contributed by atoms with E-state index in [-0.39, 0.29) is 0 Å². The van der Waals surface area contributed by atoms with Gasteiger partial charge >= 0.3 is 5.97 Å². The number of carboxylic acids is 1. The Morgan fingerprint density at radius 3 is 2.11 bits per heavy atom. The summed E-state index contributed by atoms with van der Waals surface area (Å²) < 4.78 is 0.429. The largest absolute Gasteiger partial charge is 0.478 e. The van der Waals surface area contributed by atoms with E-state index in [9.17, 15) is 4.79 Å². The molecular weight excluding hydrogens is 244 g/mol. The van der Waals surface area contributed by atoms with E-state index in [0.29, 0.717) is 16.1 Å². The molecule has 0 amide bonds. The maximum absolute atomic E-state index is 11.1. The van der Waals surface area contributed by atoms with Gasteiger partial charge in [-0.1, -0.05) is 6.08 Å². The first-order chi connectivity index (χ1) is 8.60. The van der Waals surface area contributed by atoms with Gasteiger partial charge in [0.05, 0.1) is 0 Å². The molecule has 4 aliphatic rings. The van der Waals surface area contributed by atoms with Crippen LogP contribution >= 0.6 is 11.8 Å². The lowest BCUT2D eigenvalue weighted by Crippen LogP contribution is -2.48. The molecule has 0 spiro atoms. The summed E-state index contributed by atoms with van der Waals surface area (Å²) in [5.41, 5.74) is 0.579. The zero-order chi connectivity index (χ0) is 12.8. The van der Waals surface area contributed by atoms with Gasteiger partial charge in [-0.05, 0) is 63.2 Å². The van der Waals surface area contributed by atoms with Crippen molar-refractivity contribution in [2.24, 2.45) is 17.8 Å². The van der Waals surface area contributed by atoms with Crippen LogP contribution in [-0.4, -0.2) is 21.6 Å². The molecule has 1 N–H and O–H groups in total. The molecule has 0 aliphatic heterocycles. The summed E-state index contributed by atoms with van der Waals surface area (Å²) in [7, 11) is 0. The van der Waals surface area contributed by atoms with Crippen LogP contribution in [-0.2, 0) is 4.79 Å². The van der Waals surface area contributed by atoms with Crippen molar-refractivity contribution in [1.29, 1.82) is 0 Å². The van der Waals surface area contributed by atoms with Crippen LogP contribution in [0.1, 0.15) is 45.4 Å².